The molecular weight excluding hydrogens is 272 g/mol. The Balaban J connectivity index is 2.01. The number of carbonyl (C=O) groups is 2. The molecule has 1 aromatic heterocycles. The van der Waals surface area contributed by atoms with Crippen molar-refractivity contribution in [3.63, 3.8) is 0 Å². The van der Waals surface area contributed by atoms with Crippen LogP contribution in [0, 0.1) is 5.92 Å². The van der Waals surface area contributed by atoms with Crippen LogP contribution in [-0.2, 0) is 4.79 Å². The fourth-order valence-electron chi connectivity index (χ4n) is 2.55. The van der Waals surface area contributed by atoms with Gasteiger partial charge in [0.05, 0.1) is 0 Å². The predicted molar refractivity (Wildman–Crippen MR) is 77.2 cm³/mol. The minimum atomic E-state index is -0.764. The summed E-state index contributed by atoms with van der Waals surface area (Å²) in [7, 11) is 0. The van der Waals surface area contributed by atoms with Gasteiger partial charge in [-0.2, -0.15) is 0 Å². The highest BCUT2D eigenvalue weighted by molar-refractivity contribution is 5.92. The van der Waals surface area contributed by atoms with E-state index in [2.05, 4.69) is 15.5 Å². The molecular formula is C14H20N4O3. The molecule has 1 amide bonds. The van der Waals surface area contributed by atoms with Gasteiger partial charge in [0, 0.05) is 26.1 Å². The topological polar surface area (TPSA) is 95.4 Å². The second-order valence-electron chi connectivity index (χ2n) is 5.19. The molecule has 7 heteroatoms. The van der Waals surface area contributed by atoms with Gasteiger partial charge in [-0.1, -0.05) is 0 Å². The third-order valence-electron chi connectivity index (χ3n) is 3.53. The average Bonchev–Trinajstić information content (AvgIpc) is 2.47. The summed E-state index contributed by atoms with van der Waals surface area (Å²) in [5.74, 6) is -0.169. The Bertz CT molecular complexity index is 503. The summed E-state index contributed by atoms with van der Waals surface area (Å²) in [6, 6.07) is 3.41. The number of aliphatic carboxylic acids is 1. The first-order chi connectivity index (χ1) is 10.1. The highest BCUT2D eigenvalue weighted by Gasteiger charge is 2.23. The summed E-state index contributed by atoms with van der Waals surface area (Å²) in [5.41, 5.74) is 0.291. The fraction of sp³-hybridized carbons (Fsp3) is 0.571. The van der Waals surface area contributed by atoms with Gasteiger partial charge >= 0.3 is 5.97 Å². The van der Waals surface area contributed by atoms with E-state index in [9.17, 15) is 9.59 Å². The van der Waals surface area contributed by atoms with E-state index in [1.165, 1.54) is 0 Å². The van der Waals surface area contributed by atoms with Crippen molar-refractivity contribution in [3.8, 4) is 0 Å². The number of amides is 1. The number of nitrogens with one attached hydrogen (secondary N) is 1. The summed E-state index contributed by atoms with van der Waals surface area (Å²) < 4.78 is 0. The average molecular weight is 292 g/mol. The van der Waals surface area contributed by atoms with Crippen LogP contribution < -0.4 is 10.2 Å². The number of rotatable bonds is 5. The van der Waals surface area contributed by atoms with Gasteiger partial charge in [0.25, 0.3) is 5.91 Å². The fourth-order valence-corrected chi connectivity index (χ4v) is 2.55. The quantitative estimate of drug-likeness (QED) is 0.838. The summed E-state index contributed by atoms with van der Waals surface area (Å²) in [6.07, 6.45) is 2.05. The summed E-state index contributed by atoms with van der Waals surface area (Å²) in [5, 5.41) is 19.6. The molecule has 7 nitrogen and oxygen atoms in total. The van der Waals surface area contributed by atoms with Crippen LogP contribution in [-0.4, -0.2) is 46.8 Å². The van der Waals surface area contributed by atoms with Crippen molar-refractivity contribution in [2.75, 3.05) is 24.5 Å². The molecule has 2 heterocycles. The predicted octanol–water partition coefficient (Wildman–Crippen LogP) is 0.917. The van der Waals surface area contributed by atoms with Crippen LogP contribution in [0.4, 0.5) is 5.82 Å². The second-order valence-corrected chi connectivity index (χ2v) is 5.19. The number of anilines is 1. The number of carboxylic acids is 1. The van der Waals surface area contributed by atoms with Crippen LogP contribution in [0.15, 0.2) is 12.1 Å². The molecule has 1 aliphatic heterocycles. The number of carboxylic acid groups (broad SMARTS) is 1. The maximum Gasteiger partial charge on any atom is 0.303 e. The van der Waals surface area contributed by atoms with E-state index in [-0.39, 0.29) is 18.2 Å². The largest absolute Gasteiger partial charge is 0.481 e. The molecule has 2 N–H and O–H groups in total. The van der Waals surface area contributed by atoms with Gasteiger partial charge < -0.3 is 15.3 Å². The minimum Gasteiger partial charge on any atom is -0.481 e. The Morgan fingerprint density at radius 3 is 2.86 bits per heavy atom. The number of hydrogen-bond donors (Lipinski definition) is 2. The summed E-state index contributed by atoms with van der Waals surface area (Å²) in [4.78, 5) is 24.4. The van der Waals surface area contributed by atoms with Gasteiger partial charge in [-0.3, -0.25) is 9.59 Å². The van der Waals surface area contributed by atoms with Gasteiger partial charge in [0.2, 0.25) is 0 Å². The first kappa shape index (κ1) is 15.2. The number of aromatic nitrogens is 2. The van der Waals surface area contributed by atoms with Crippen LogP contribution >= 0.6 is 0 Å². The molecule has 0 bridgehead atoms. The number of carbonyl (C=O) groups excluding carboxylic acids is 1. The van der Waals surface area contributed by atoms with Gasteiger partial charge in [-0.25, -0.2) is 0 Å². The van der Waals surface area contributed by atoms with E-state index < -0.39 is 5.97 Å². The third kappa shape index (κ3) is 4.14. The van der Waals surface area contributed by atoms with Crippen LogP contribution in [0.2, 0.25) is 0 Å². The molecule has 0 aromatic carbocycles. The first-order valence-electron chi connectivity index (χ1n) is 7.18. The Hall–Kier alpha value is -2.18. The maximum absolute atomic E-state index is 11.6. The zero-order valence-electron chi connectivity index (χ0n) is 12.1. The lowest BCUT2D eigenvalue weighted by Crippen LogP contribution is -2.37. The molecule has 114 valence electrons. The minimum absolute atomic E-state index is 0.140. The van der Waals surface area contributed by atoms with E-state index >= 15 is 0 Å². The smallest absolute Gasteiger partial charge is 0.303 e. The molecule has 21 heavy (non-hydrogen) atoms. The lowest BCUT2D eigenvalue weighted by atomic mass is 9.95. The molecule has 1 atom stereocenters. The van der Waals surface area contributed by atoms with Gasteiger partial charge in [-0.15, -0.1) is 10.2 Å². The molecule has 0 saturated carbocycles. The number of nitrogens with zero attached hydrogens (tertiary/aromatic N) is 3. The SMILES string of the molecule is CCNC(=O)c1ccc(N2CCCC(CC(=O)O)C2)nn1. The molecule has 0 spiro atoms. The zero-order valence-corrected chi connectivity index (χ0v) is 12.1. The van der Waals surface area contributed by atoms with Crippen molar-refractivity contribution < 1.29 is 14.7 Å². The van der Waals surface area contributed by atoms with E-state index in [0.717, 1.165) is 19.4 Å². The summed E-state index contributed by atoms with van der Waals surface area (Å²) >= 11 is 0. The Morgan fingerprint density at radius 1 is 1.43 bits per heavy atom. The molecule has 1 aliphatic rings. The Morgan fingerprint density at radius 2 is 2.24 bits per heavy atom. The molecule has 1 saturated heterocycles. The van der Waals surface area contributed by atoms with E-state index in [4.69, 9.17) is 5.11 Å². The normalized spacial score (nSPS) is 18.3. The molecule has 1 unspecified atom stereocenters. The van der Waals surface area contributed by atoms with Crippen molar-refractivity contribution in [3.05, 3.63) is 17.8 Å². The monoisotopic (exact) mass is 292 g/mol. The molecule has 1 fully saturated rings. The second kappa shape index (κ2) is 7.01. The Kier molecular flexibility index (Phi) is 5.08. The lowest BCUT2D eigenvalue weighted by molar-refractivity contribution is -0.138. The van der Waals surface area contributed by atoms with Crippen LogP contribution in [0.1, 0.15) is 36.7 Å². The summed E-state index contributed by atoms with van der Waals surface area (Å²) in [6.45, 7) is 3.90. The standard InChI is InChI=1S/C14H20N4O3/c1-2-15-14(21)11-5-6-12(17-16-11)18-7-3-4-10(9-18)8-13(19)20/h5-6,10H,2-4,7-9H2,1H3,(H,15,21)(H,19,20). The van der Waals surface area contributed by atoms with Crippen molar-refractivity contribution in [2.24, 2.45) is 5.92 Å². The number of piperidine rings is 1. The first-order valence-corrected chi connectivity index (χ1v) is 7.18. The maximum atomic E-state index is 11.6. The van der Waals surface area contributed by atoms with Gasteiger partial charge in [0.1, 0.15) is 0 Å². The van der Waals surface area contributed by atoms with Crippen molar-refractivity contribution >= 4 is 17.7 Å². The van der Waals surface area contributed by atoms with Crippen LogP contribution in [0.3, 0.4) is 0 Å². The number of hydrogen-bond acceptors (Lipinski definition) is 5. The zero-order chi connectivity index (χ0) is 15.2. The third-order valence-corrected chi connectivity index (χ3v) is 3.53. The molecule has 0 aliphatic carbocycles. The van der Waals surface area contributed by atoms with E-state index in [1.807, 2.05) is 11.8 Å². The molecule has 2 rings (SSSR count). The van der Waals surface area contributed by atoms with E-state index in [1.54, 1.807) is 12.1 Å². The lowest BCUT2D eigenvalue weighted by Gasteiger charge is -2.32. The van der Waals surface area contributed by atoms with Crippen LogP contribution in [0.5, 0.6) is 0 Å². The van der Waals surface area contributed by atoms with Crippen molar-refractivity contribution in [1.29, 1.82) is 0 Å². The molecule has 1 aromatic rings. The van der Waals surface area contributed by atoms with Crippen molar-refractivity contribution in [1.82, 2.24) is 15.5 Å². The highest BCUT2D eigenvalue weighted by Crippen LogP contribution is 2.23. The highest BCUT2D eigenvalue weighted by atomic mass is 16.4. The van der Waals surface area contributed by atoms with E-state index in [0.29, 0.717) is 24.6 Å². The Labute approximate surface area is 123 Å². The van der Waals surface area contributed by atoms with Gasteiger partial charge in [0.15, 0.2) is 11.5 Å². The molecule has 0 radical (unpaired) electrons. The van der Waals surface area contributed by atoms with Gasteiger partial charge in [-0.05, 0) is 37.8 Å². The van der Waals surface area contributed by atoms with Crippen molar-refractivity contribution in [2.45, 2.75) is 26.2 Å². The van der Waals surface area contributed by atoms with Crippen LogP contribution in [0.25, 0.3) is 0 Å².